The molecule has 2 N–H and O–H groups in total. The van der Waals surface area contributed by atoms with E-state index in [1.807, 2.05) is 50.2 Å². The summed E-state index contributed by atoms with van der Waals surface area (Å²) < 4.78 is 1.56. The third-order valence-corrected chi connectivity index (χ3v) is 3.31. The Morgan fingerprint density at radius 1 is 1.27 bits per heavy atom. The van der Waals surface area contributed by atoms with Crippen molar-refractivity contribution in [3.05, 3.63) is 53.3 Å². The number of aromatic nitrogens is 2. The summed E-state index contributed by atoms with van der Waals surface area (Å²) in [4.78, 5) is 23.4. The van der Waals surface area contributed by atoms with Gasteiger partial charge in [0.05, 0.1) is 5.69 Å². The highest BCUT2D eigenvalue weighted by atomic mass is 16.4. The largest absolute Gasteiger partial charge is 0.480 e. The Bertz CT molecular complexity index is 665. The predicted molar refractivity (Wildman–Crippen MR) is 81.4 cm³/mol. The molecule has 0 aliphatic rings. The molecule has 0 bridgehead atoms. The van der Waals surface area contributed by atoms with Crippen LogP contribution in [0.5, 0.6) is 0 Å². The molecular weight excluding hydrogens is 282 g/mol. The van der Waals surface area contributed by atoms with Gasteiger partial charge < -0.3 is 10.4 Å². The number of carbonyl (C=O) groups excluding carboxylic acids is 1. The molecule has 1 atom stereocenters. The van der Waals surface area contributed by atoms with E-state index in [9.17, 15) is 14.7 Å². The summed E-state index contributed by atoms with van der Waals surface area (Å²) in [6.07, 6.45) is 0.249. The van der Waals surface area contributed by atoms with Gasteiger partial charge in [-0.2, -0.15) is 5.10 Å². The highest BCUT2D eigenvalue weighted by Gasteiger charge is 2.20. The van der Waals surface area contributed by atoms with Gasteiger partial charge >= 0.3 is 5.97 Å². The Kier molecular flexibility index (Phi) is 4.93. The van der Waals surface area contributed by atoms with Crippen molar-refractivity contribution in [1.82, 2.24) is 15.1 Å². The van der Waals surface area contributed by atoms with E-state index in [1.165, 1.54) is 0 Å². The monoisotopic (exact) mass is 301 g/mol. The number of aryl methyl sites for hydroxylation is 2. The average Bonchev–Trinajstić information content (AvgIpc) is 2.77. The maximum absolute atomic E-state index is 12.0. The molecule has 0 saturated carbocycles. The lowest BCUT2D eigenvalue weighted by molar-refractivity contribution is -0.141. The maximum Gasteiger partial charge on any atom is 0.326 e. The standard InChI is InChI=1S/C16H19N3O3/c1-11-8-12(2)19(18-11)10-15(20)17-14(16(21)22)9-13-6-4-3-5-7-13/h3-8,14H,9-10H2,1-2H3,(H,17,20)(H,21,22). The highest BCUT2D eigenvalue weighted by Crippen LogP contribution is 2.05. The molecule has 2 rings (SSSR count). The Morgan fingerprint density at radius 2 is 1.95 bits per heavy atom. The summed E-state index contributed by atoms with van der Waals surface area (Å²) in [7, 11) is 0. The molecule has 0 fully saturated rings. The van der Waals surface area contributed by atoms with Crippen LogP contribution in [0.3, 0.4) is 0 Å². The number of aliphatic carboxylic acids is 1. The molecule has 0 radical (unpaired) electrons. The van der Waals surface area contributed by atoms with Gasteiger partial charge in [0, 0.05) is 12.1 Å². The van der Waals surface area contributed by atoms with E-state index in [4.69, 9.17) is 0 Å². The molecule has 0 aliphatic heterocycles. The fourth-order valence-electron chi connectivity index (χ4n) is 2.26. The second-order valence-electron chi connectivity index (χ2n) is 5.23. The SMILES string of the molecule is Cc1cc(C)n(CC(=O)NC(Cc2ccccc2)C(=O)O)n1. The minimum Gasteiger partial charge on any atom is -0.480 e. The van der Waals surface area contributed by atoms with Gasteiger partial charge in [-0.25, -0.2) is 4.79 Å². The van der Waals surface area contributed by atoms with Gasteiger partial charge in [0.2, 0.25) is 5.91 Å². The van der Waals surface area contributed by atoms with Crippen molar-refractivity contribution >= 4 is 11.9 Å². The molecule has 0 saturated heterocycles. The van der Waals surface area contributed by atoms with E-state index >= 15 is 0 Å². The van der Waals surface area contributed by atoms with Crippen LogP contribution in [0.15, 0.2) is 36.4 Å². The summed E-state index contributed by atoms with van der Waals surface area (Å²) >= 11 is 0. The average molecular weight is 301 g/mol. The van der Waals surface area contributed by atoms with Crippen molar-refractivity contribution in [2.45, 2.75) is 32.9 Å². The second-order valence-corrected chi connectivity index (χ2v) is 5.23. The van der Waals surface area contributed by atoms with Crippen LogP contribution in [0.2, 0.25) is 0 Å². The Morgan fingerprint density at radius 3 is 2.50 bits per heavy atom. The lowest BCUT2D eigenvalue weighted by Crippen LogP contribution is -2.43. The minimum atomic E-state index is -1.05. The van der Waals surface area contributed by atoms with Gasteiger partial charge in [-0.05, 0) is 25.5 Å². The number of nitrogens with one attached hydrogen (secondary N) is 1. The lowest BCUT2D eigenvalue weighted by Gasteiger charge is -2.15. The van der Waals surface area contributed by atoms with Crippen LogP contribution in [0.1, 0.15) is 17.0 Å². The second kappa shape index (κ2) is 6.89. The maximum atomic E-state index is 12.0. The lowest BCUT2D eigenvalue weighted by atomic mass is 10.1. The summed E-state index contributed by atoms with van der Waals surface area (Å²) in [5.74, 6) is -1.42. The predicted octanol–water partition coefficient (Wildman–Crippen LogP) is 1.31. The van der Waals surface area contributed by atoms with Gasteiger partial charge in [-0.3, -0.25) is 9.48 Å². The van der Waals surface area contributed by atoms with E-state index in [2.05, 4.69) is 10.4 Å². The topological polar surface area (TPSA) is 84.2 Å². The van der Waals surface area contributed by atoms with E-state index in [-0.39, 0.29) is 18.9 Å². The van der Waals surface area contributed by atoms with Crippen LogP contribution < -0.4 is 5.32 Å². The van der Waals surface area contributed by atoms with Crippen molar-refractivity contribution < 1.29 is 14.7 Å². The Hall–Kier alpha value is -2.63. The van der Waals surface area contributed by atoms with Gasteiger partial charge in [0.15, 0.2) is 0 Å². The zero-order valence-electron chi connectivity index (χ0n) is 12.6. The van der Waals surface area contributed by atoms with Crippen molar-refractivity contribution in [2.24, 2.45) is 0 Å². The minimum absolute atomic E-state index is 0.0121. The molecule has 0 aliphatic carbocycles. The fourth-order valence-corrected chi connectivity index (χ4v) is 2.26. The molecule has 1 amide bonds. The molecule has 1 aromatic heterocycles. The van der Waals surface area contributed by atoms with Gasteiger partial charge in [-0.1, -0.05) is 30.3 Å². The zero-order chi connectivity index (χ0) is 16.1. The number of hydrogen-bond donors (Lipinski definition) is 2. The van der Waals surface area contributed by atoms with Gasteiger partial charge in [-0.15, -0.1) is 0 Å². The summed E-state index contributed by atoms with van der Waals surface area (Å²) in [6.45, 7) is 3.71. The molecule has 6 heteroatoms. The molecule has 1 heterocycles. The van der Waals surface area contributed by atoms with E-state index in [0.717, 1.165) is 17.0 Å². The van der Waals surface area contributed by atoms with Crippen LogP contribution >= 0.6 is 0 Å². The summed E-state index contributed by atoms with van der Waals surface area (Å²) in [5.41, 5.74) is 2.55. The normalized spacial score (nSPS) is 11.9. The molecule has 1 aromatic carbocycles. The Labute approximate surface area is 128 Å². The molecule has 1 unspecified atom stereocenters. The number of hydrogen-bond acceptors (Lipinski definition) is 3. The first-order valence-corrected chi connectivity index (χ1v) is 7.03. The van der Waals surface area contributed by atoms with Gasteiger partial charge in [0.1, 0.15) is 12.6 Å². The van der Waals surface area contributed by atoms with E-state index < -0.39 is 12.0 Å². The number of amides is 1. The van der Waals surface area contributed by atoms with Crippen LogP contribution in [0.4, 0.5) is 0 Å². The smallest absolute Gasteiger partial charge is 0.326 e. The van der Waals surface area contributed by atoms with Crippen molar-refractivity contribution in [3.8, 4) is 0 Å². The number of benzene rings is 1. The fraction of sp³-hybridized carbons (Fsp3) is 0.312. The van der Waals surface area contributed by atoms with Crippen molar-refractivity contribution in [1.29, 1.82) is 0 Å². The number of nitrogens with zero attached hydrogens (tertiary/aromatic N) is 2. The number of carboxylic acid groups (broad SMARTS) is 1. The van der Waals surface area contributed by atoms with Crippen LogP contribution in [0.25, 0.3) is 0 Å². The first-order valence-electron chi connectivity index (χ1n) is 7.03. The van der Waals surface area contributed by atoms with E-state index in [1.54, 1.807) is 4.68 Å². The molecule has 116 valence electrons. The molecule has 22 heavy (non-hydrogen) atoms. The van der Waals surface area contributed by atoms with Crippen molar-refractivity contribution in [3.63, 3.8) is 0 Å². The molecule has 0 spiro atoms. The summed E-state index contributed by atoms with van der Waals surface area (Å²) in [5, 5.41) is 16.0. The zero-order valence-corrected chi connectivity index (χ0v) is 12.6. The number of carboxylic acids is 1. The van der Waals surface area contributed by atoms with Crippen molar-refractivity contribution in [2.75, 3.05) is 0 Å². The van der Waals surface area contributed by atoms with E-state index in [0.29, 0.717) is 0 Å². The molecule has 6 nitrogen and oxygen atoms in total. The molecular formula is C16H19N3O3. The highest BCUT2D eigenvalue weighted by molar-refractivity contribution is 5.83. The first kappa shape index (κ1) is 15.8. The Balaban J connectivity index is 2.00. The van der Waals surface area contributed by atoms with Crippen LogP contribution in [0, 0.1) is 13.8 Å². The van der Waals surface area contributed by atoms with Gasteiger partial charge in [0.25, 0.3) is 0 Å². The van der Waals surface area contributed by atoms with Crippen LogP contribution in [-0.2, 0) is 22.6 Å². The molecule has 2 aromatic rings. The summed E-state index contributed by atoms with van der Waals surface area (Å²) in [6, 6.07) is 10.1. The number of rotatable bonds is 6. The van der Waals surface area contributed by atoms with Crippen LogP contribution in [-0.4, -0.2) is 32.8 Å². The first-order chi connectivity index (χ1) is 10.5. The number of carbonyl (C=O) groups is 2. The quantitative estimate of drug-likeness (QED) is 0.842. The third-order valence-electron chi connectivity index (χ3n) is 3.31. The third kappa shape index (κ3) is 4.18.